The van der Waals surface area contributed by atoms with Crippen LogP contribution in [0.4, 0.5) is 28.5 Å². The molecule has 16 heteroatoms. The van der Waals surface area contributed by atoms with Crippen LogP contribution in [0.2, 0.25) is 0 Å². The van der Waals surface area contributed by atoms with Gasteiger partial charge >= 0.3 is 6.01 Å². The summed E-state index contributed by atoms with van der Waals surface area (Å²) in [5.74, 6) is -3.21. The molecule has 4 saturated heterocycles. The van der Waals surface area contributed by atoms with E-state index in [0.29, 0.717) is 37.4 Å². The van der Waals surface area contributed by atoms with Crippen LogP contribution in [0.25, 0.3) is 22.0 Å². The van der Waals surface area contributed by atoms with Gasteiger partial charge in [-0.1, -0.05) is 11.3 Å². The molecule has 0 radical (unpaired) electrons. The highest BCUT2D eigenvalue weighted by Gasteiger charge is 2.63. The molecule has 1 aromatic carbocycles. The fraction of sp³-hybridized carbons (Fsp3) is 0.567. The van der Waals surface area contributed by atoms with Crippen molar-refractivity contribution in [1.29, 1.82) is 0 Å². The van der Waals surface area contributed by atoms with Gasteiger partial charge in [-0.2, -0.15) is 9.97 Å². The van der Waals surface area contributed by atoms with Gasteiger partial charge in [0.2, 0.25) is 0 Å². The van der Waals surface area contributed by atoms with Crippen LogP contribution in [-0.2, 0) is 11.0 Å². The molecule has 5 fully saturated rings. The van der Waals surface area contributed by atoms with Crippen LogP contribution in [0.15, 0.2) is 17.0 Å². The van der Waals surface area contributed by atoms with Crippen LogP contribution in [0.1, 0.15) is 49.8 Å². The third-order valence-corrected chi connectivity index (χ3v) is 12.8. The van der Waals surface area contributed by atoms with Gasteiger partial charge in [0.1, 0.15) is 29.5 Å². The van der Waals surface area contributed by atoms with E-state index < -0.39 is 46.9 Å². The number of piperazine rings is 1. The van der Waals surface area contributed by atoms with E-state index in [9.17, 15) is 21.8 Å². The summed E-state index contributed by atoms with van der Waals surface area (Å²) in [6.07, 6.45) is 4.33. The Morgan fingerprint density at radius 2 is 1.91 bits per heavy atom. The van der Waals surface area contributed by atoms with Crippen molar-refractivity contribution in [3.63, 3.8) is 0 Å². The van der Waals surface area contributed by atoms with E-state index in [1.807, 2.05) is 0 Å². The Kier molecular flexibility index (Phi) is 6.46. The highest BCUT2D eigenvalue weighted by Crippen LogP contribution is 2.53. The second-order valence-corrected chi connectivity index (χ2v) is 15.7. The first-order chi connectivity index (χ1) is 22.1. The van der Waals surface area contributed by atoms with Gasteiger partial charge < -0.3 is 20.7 Å². The summed E-state index contributed by atoms with van der Waals surface area (Å²) < 4.78 is 81.2. The molecule has 6 aliphatic rings. The molecule has 5 aliphatic heterocycles. The molecule has 3 aromatic rings. The number of nitrogens with one attached hydrogen (secondary N) is 1. The normalized spacial score (nSPS) is 33.0. The molecule has 9 rings (SSSR count). The predicted molar refractivity (Wildman–Crippen MR) is 166 cm³/mol. The van der Waals surface area contributed by atoms with Gasteiger partial charge in [0.25, 0.3) is 5.92 Å². The van der Waals surface area contributed by atoms with E-state index in [1.165, 1.54) is 16.4 Å². The second-order valence-electron chi connectivity index (χ2n) is 13.4. The zero-order chi connectivity index (χ0) is 31.5. The van der Waals surface area contributed by atoms with Crippen LogP contribution < -0.4 is 20.7 Å². The molecular formula is C30H32F4N8O2S2. The van der Waals surface area contributed by atoms with Crippen molar-refractivity contribution >= 4 is 55.3 Å². The fourth-order valence-corrected chi connectivity index (χ4v) is 10.5. The number of halogens is 4. The third kappa shape index (κ3) is 4.53. The lowest BCUT2D eigenvalue weighted by atomic mass is 9.95. The molecular weight excluding hydrogens is 645 g/mol. The molecule has 2 bridgehead atoms. The van der Waals surface area contributed by atoms with Crippen molar-refractivity contribution in [1.82, 2.24) is 29.5 Å². The average molecular weight is 677 g/mol. The van der Waals surface area contributed by atoms with Gasteiger partial charge in [-0.05, 0) is 50.4 Å². The molecule has 10 nitrogen and oxygen atoms in total. The number of nitrogen functional groups attached to an aromatic ring is 1. The van der Waals surface area contributed by atoms with Crippen molar-refractivity contribution in [3.8, 4) is 6.01 Å². The number of nitrogens with two attached hydrogens (primary N) is 1. The zero-order valence-corrected chi connectivity index (χ0v) is 26.4. The van der Waals surface area contributed by atoms with Crippen LogP contribution in [-0.4, -0.2) is 96.9 Å². The number of aromatic nitrogens is 3. The van der Waals surface area contributed by atoms with Crippen LogP contribution >= 0.6 is 11.3 Å². The first-order valence-electron chi connectivity index (χ1n) is 15.7. The first kappa shape index (κ1) is 29.1. The summed E-state index contributed by atoms with van der Waals surface area (Å²) in [5.41, 5.74) is 6.51. The molecule has 0 amide bonds. The average Bonchev–Trinajstić information content (AvgIpc) is 3.45. The molecule has 244 valence electrons. The van der Waals surface area contributed by atoms with Crippen molar-refractivity contribution in [2.24, 2.45) is 0 Å². The van der Waals surface area contributed by atoms with E-state index in [-0.39, 0.29) is 56.3 Å². The maximum atomic E-state index is 14.8. The Morgan fingerprint density at radius 3 is 2.67 bits per heavy atom. The lowest BCUT2D eigenvalue weighted by Gasteiger charge is -2.37. The summed E-state index contributed by atoms with van der Waals surface area (Å²) >= 11 is 0.957. The Labute approximate surface area is 268 Å². The Bertz CT molecular complexity index is 1810. The molecule has 1 aliphatic carbocycles. The highest BCUT2D eigenvalue weighted by molar-refractivity contribution is 7.83. The number of fused-ring (bicyclic) bond motifs is 5. The summed E-state index contributed by atoms with van der Waals surface area (Å²) in [5, 5.41) is 3.71. The highest BCUT2D eigenvalue weighted by atomic mass is 32.2. The molecule has 0 spiro atoms. The number of hydrogen-bond donors (Lipinski definition) is 2. The maximum Gasteiger partial charge on any atom is 0.319 e. The zero-order valence-electron chi connectivity index (χ0n) is 24.7. The standard InChI is InChI=1S/C30H32F4N8O2S2/c31-15-9-29(6-1-7-41(29)11-15)14-44-28-37-20-8-21(18-4-5-19(32)24-23(18)38-27(35)45-24)42(22-10-30(22,33)34)46(43)25(20)26(39-28)40-12-16-2-3-17(13-40)36-16/h4-5,8,15-17,22,36H,1-3,6-7,9-14H2,(H2,35,38)/t15-,16?,17?,22?,29+,46?/m1/s1. The Hall–Kier alpha value is -3.08. The fourth-order valence-electron chi connectivity index (χ4n) is 8.11. The first-order valence-corrected chi connectivity index (χ1v) is 17.6. The van der Waals surface area contributed by atoms with Crippen LogP contribution in [0.3, 0.4) is 0 Å². The van der Waals surface area contributed by atoms with Crippen molar-refractivity contribution in [2.75, 3.05) is 43.4 Å². The van der Waals surface area contributed by atoms with Crippen molar-refractivity contribution in [3.05, 3.63) is 29.2 Å². The maximum absolute atomic E-state index is 14.8. The topological polar surface area (TPSA) is 113 Å². The molecule has 6 atom stereocenters. The number of alkyl halides is 3. The minimum Gasteiger partial charge on any atom is -0.461 e. The summed E-state index contributed by atoms with van der Waals surface area (Å²) in [6.45, 7) is 2.59. The molecule has 2 aromatic heterocycles. The monoisotopic (exact) mass is 676 g/mol. The molecule has 46 heavy (non-hydrogen) atoms. The predicted octanol–water partition coefficient (Wildman–Crippen LogP) is 3.95. The van der Waals surface area contributed by atoms with Crippen molar-refractivity contribution in [2.45, 2.75) is 79.2 Å². The van der Waals surface area contributed by atoms with Gasteiger partial charge in [0.15, 0.2) is 21.9 Å². The minimum atomic E-state index is -3.06. The van der Waals surface area contributed by atoms with Gasteiger partial charge in [-0.25, -0.2) is 26.8 Å². The van der Waals surface area contributed by atoms with E-state index in [2.05, 4.69) is 20.1 Å². The quantitative estimate of drug-likeness (QED) is 0.375. The summed E-state index contributed by atoms with van der Waals surface area (Å²) in [7, 11) is -2.14. The summed E-state index contributed by atoms with van der Waals surface area (Å²) in [4.78, 5) is 18.3. The smallest absolute Gasteiger partial charge is 0.319 e. The van der Waals surface area contributed by atoms with E-state index in [1.54, 1.807) is 6.08 Å². The van der Waals surface area contributed by atoms with Gasteiger partial charge in [-0.15, -0.1) is 0 Å². The number of rotatable bonds is 6. The van der Waals surface area contributed by atoms with Crippen molar-refractivity contribution < 1.29 is 26.5 Å². The number of benzene rings is 1. The van der Waals surface area contributed by atoms with E-state index in [4.69, 9.17) is 20.4 Å². The molecule has 7 heterocycles. The Balaban J connectivity index is 1.19. The van der Waals surface area contributed by atoms with Gasteiger partial charge in [0.05, 0.1) is 27.1 Å². The minimum absolute atomic E-state index is 0.0584. The van der Waals surface area contributed by atoms with Gasteiger partial charge in [-0.3, -0.25) is 9.21 Å². The van der Waals surface area contributed by atoms with Crippen LogP contribution in [0, 0.1) is 5.82 Å². The SMILES string of the molecule is Nc1nc2c(C3=Cc4nc(OC[C@@]56CCCN5C[C@H](F)C6)nc(N5CC6CCC(C5)N6)c4S(=O)N3C3CC3(F)F)ccc(F)c2s1. The van der Waals surface area contributed by atoms with Gasteiger partial charge in [0, 0.05) is 50.1 Å². The molecule has 4 unspecified atom stereocenters. The second kappa shape index (κ2) is 10.2. The number of nitrogens with zero attached hydrogens (tertiary/aromatic N) is 6. The van der Waals surface area contributed by atoms with E-state index >= 15 is 0 Å². The summed E-state index contributed by atoms with van der Waals surface area (Å²) in [6, 6.07) is 1.84. The lowest BCUT2D eigenvalue weighted by Crippen LogP contribution is -2.52. The number of ether oxygens (including phenoxy) is 1. The number of thiazole rings is 1. The third-order valence-electron chi connectivity index (χ3n) is 10.3. The Morgan fingerprint density at radius 1 is 1.13 bits per heavy atom. The largest absolute Gasteiger partial charge is 0.461 e. The lowest BCUT2D eigenvalue weighted by molar-refractivity contribution is 0.0997. The molecule has 1 saturated carbocycles. The van der Waals surface area contributed by atoms with Crippen LogP contribution in [0.5, 0.6) is 6.01 Å². The molecule has 3 N–H and O–H groups in total. The van der Waals surface area contributed by atoms with E-state index in [0.717, 1.165) is 43.6 Å². The number of anilines is 2. The number of hydrogen-bond acceptors (Lipinski definition) is 10.